The Morgan fingerprint density at radius 3 is 2.44 bits per heavy atom. The predicted octanol–water partition coefficient (Wildman–Crippen LogP) is 1.11. The number of epoxide rings is 2. The van der Waals surface area contributed by atoms with Gasteiger partial charge in [-0.3, -0.25) is 4.79 Å². The van der Waals surface area contributed by atoms with Crippen molar-refractivity contribution < 1.29 is 43.1 Å². The van der Waals surface area contributed by atoms with E-state index in [1.165, 1.54) is 0 Å². The van der Waals surface area contributed by atoms with Crippen LogP contribution in [0.25, 0.3) is 0 Å². The van der Waals surface area contributed by atoms with Crippen LogP contribution in [0.3, 0.4) is 0 Å². The quantitative estimate of drug-likeness (QED) is 0.409. The topological polar surface area (TPSA) is 116 Å². The summed E-state index contributed by atoms with van der Waals surface area (Å²) in [5, 5.41) is 12.5. The Hall–Kier alpha value is -1.52. The number of aliphatic hydroxyl groups is 1. The molecule has 10 aliphatic rings. The second-order valence-electron chi connectivity index (χ2n) is 13.2. The summed E-state index contributed by atoms with van der Waals surface area (Å²) in [5.41, 5.74) is -7.50. The lowest BCUT2D eigenvalue weighted by molar-refractivity contribution is -0.415. The molecule has 182 valence electrons. The number of hydrogen-bond donors (Lipinski definition) is 1. The van der Waals surface area contributed by atoms with E-state index in [1.54, 1.807) is 13.0 Å². The molecule has 11 atom stereocenters. The van der Waals surface area contributed by atoms with Gasteiger partial charge < -0.3 is 33.5 Å². The number of cyclic esters (lactones) is 2. The van der Waals surface area contributed by atoms with Gasteiger partial charge in [-0.1, -0.05) is 13.8 Å². The third-order valence-corrected chi connectivity index (χ3v) is 12.5. The third kappa shape index (κ3) is 1.12. The van der Waals surface area contributed by atoms with Gasteiger partial charge >= 0.3 is 11.9 Å². The maximum absolute atomic E-state index is 14.2. The standard InChI is InChI=1S/C25H28O9/c1-11-24-23(15(27)30-11)17(4)8-13-22(31-13)12(7-14(26)32-16(22,2)3)20(17)9-18(5,21(23)10-29-21)25(24,28)34-19(20,6)33-24/h7,11,13,28H,8-10H2,1-6H3/t11-,13+,17-,18+,19-,20?,21?,22-,23?,24?,25-/m0/s1. The highest BCUT2D eigenvalue weighted by atomic mass is 16.8. The third-order valence-electron chi connectivity index (χ3n) is 12.5. The second-order valence-corrected chi connectivity index (χ2v) is 13.2. The van der Waals surface area contributed by atoms with Crippen LogP contribution in [0.2, 0.25) is 0 Å². The second kappa shape index (κ2) is 4.20. The van der Waals surface area contributed by atoms with E-state index < -0.39 is 73.7 Å². The van der Waals surface area contributed by atoms with E-state index in [0.29, 0.717) is 19.4 Å². The van der Waals surface area contributed by atoms with E-state index in [4.69, 9.17) is 28.4 Å². The van der Waals surface area contributed by atoms with E-state index >= 15 is 0 Å². The van der Waals surface area contributed by atoms with Crippen LogP contribution in [0.1, 0.15) is 54.4 Å². The van der Waals surface area contributed by atoms with Gasteiger partial charge in [0.15, 0.2) is 17.0 Å². The molecule has 0 aromatic heterocycles. The first-order valence-corrected chi connectivity index (χ1v) is 12.3. The van der Waals surface area contributed by atoms with Gasteiger partial charge in [0, 0.05) is 11.5 Å². The van der Waals surface area contributed by atoms with E-state index in [1.807, 2.05) is 27.7 Å². The van der Waals surface area contributed by atoms with Crippen molar-refractivity contribution in [3.8, 4) is 0 Å². The Labute approximate surface area is 196 Å². The van der Waals surface area contributed by atoms with Crippen LogP contribution < -0.4 is 0 Å². The normalized spacial score (nSPS) is 70.3. The van der Waals surface area contributed by atoms with Crippen molar-refractivity contribution in [3.05, 3.63) is 11.6 Å². The number of hydrogen-bond acceptors (Lipinski definition) is 9. The maximum atomic E-state index is 14.2. The minimum absolute atomic E-state index is 0.259. The molecular formula is C25H28O9. The van der Waals surface area contributed by atoms with Crippen molar-refractivity contribution in [2.24, 2.45) is 21.7 Å². The first-order chi connectivity index (χ1) is 15.7. The molecule has 7 heterocycles. The molecule has 1 N–H and O–H groups in total. The fourth-order valence-electron chi connectivity index (χ4n) is 11.6. The lowest BCUT2D eigenvalue weighted by atomic mass is 9.30. The zero-order valence-electron chi connectivity index (χ0n) is 20.1. The summed E-state index contributed by atoms with van der Waals surface area (Å²) >= 11 is 0. The molecule has 0 radical (unpaired) electrons. The molecule has 9 heteroatoms. The number of esters is 2. The number of ether oxygens (including phenoxy) is 6. The van der Waals surface area contributed by atoms with Crippen molar-refractivity contribution in [1.82, 2.24) is 0 Å². The lowest BCUT2D eigenvalue weighted by Crippen LogP contribution is -2.83. The number of rotatable bonds is 0. The Bertz CT molecular complexity index is 1250. The van der Waals surface area contributed by atoms with Gasteiger partial charge in [-0.2, -0.15) is 0 Å². The monoisotopic (exact) mass is 472 g/mol. The predicted molar refractivity (Wildman–Crippen MR) is 109 cm³/mol. The molecule has 10 rings (SSSR count). The Kier molecular flexibility index (Phi) is 2.42. The van der Waals surface area contributed by atoms with E-state index in [2.05, 4.69) is 6.92 Å². The van der Waals surface area contributed by atoms with Crippen molar-refractivity contribution in [1.29, 1.82) is 0 Å². The van der Waals surface area contributed by atoms with Crippen LogP contribution in [-0.4, -0.2) is 69.8 Å². The highest BCUT2D eigenvalue weighted by Gasteiger charge is 3.13. The molecule has 3 aliphatic carbocycles. The SMILES string of the molecule is C[C@@H]1OC(=O)C23C4(CO4)[C@@]4(C)CC5(C6=CC(=O)OC(C)(C)[C@]67O[C@@H]7C[C@]25C)[C@@]2(C)OC13[C@@]4(O)O2. The maximum Gasteiger partial charge on any atom is 0.331 e. The van der Waals surface area contributed by atoms with Crippen molar-refractivity contribution in [3.63, 3.8) is 0 Å². The molecule has 9 nitrogen and oxygen atoms in total. The summed E-state index contributed by atoms with van der Waals surface area (Å²) in [4.78, 5) is 27.2. The minimum Gasteiger partial charge on any atom is -0.459 e. The number of carbonyl (C=O) groups excluding carboxylic acids is 2. The van der Waals surface area contributed by atoms with Gasteiger partial charge in [0.25, 0.3) is 0 Å². The van der Waals surface area contributed by atoms with Gasteiger partial charge in [-0.05, 0) is 46.1 Å². The van der Waals surface area contributed by atoms with E-state index in [0.717, 1.165) is 5.57 Å². The van der Waals surface area contributed by atoms with Crippen molar-refractivity contribution >= 4 is 11.9 Å². The summed E-state index contributed by atoms with van der Waals surface area (Å²) in [7, 11) is 0. The average Bonchev–Trinajstić information content (AvgIpc) is 3.59. The van der Waals surface area contributed by atoms with E-state index in [9.17, 15) is 14.7 Å². The zero-order chi connectivity index (χ0) is 24.0. The molecule has 0 aromatic rings. The summed E-state index contributed by atoms with van der Waals surface area (Å²) in [6.07, 6.45) is 1.48. The van der Waals surface area contributed by atoms with E-state index in [-0.39, 0.29) is 6.10 Å². The highest BCUT2D eigenvalue weighted by molar-refractivity contribution is 5.92. The molecule has 6 saturated heterocycles. The van der Waals surface area contributed by atoms with Crippen LogP contribution in [0.15, 0.2) is 11.6 Å². The molecule has 7 aliphatic heterocycles. The van der Waals surface area contributed by atoms with Crippen LogP contribution in [0.4, 0.5) is 0 Å². The molecule has 3 saturated carbocycles. The molecule has 5 spiro atoms. The van der Waals surface area contributed by atoms with Crippen molar-refractivity contribution in [2.45, 2.75) is 101 Å². The molecule has 34 heavy (non-hydrogen) atoms. The molecule has 4 unspecified atom stereocenters. The van der Waals surface area contributed by atoms with Crippen LogP contribution in [0.5, 0.6) is 0 Å². The number of carbonyl (C=O) groups is 2. The van der Waals surface area contributed by atoms with Gasteiger partial charge in [0.2, 0.25) is 5.79 Å². The summed E-state index contributed by atoms with van der Waals surface area (Å²) in [6.45, 7) is 11.7. The first kappa shape index (κ1) is 19.6. The first-order valence-electron chi connectivity index (χ1n) is 12.3. The fourth-order valence-corrected chi connectivity index (χ4v) is 11.6. The van der Waals surface area contributed by atoms with Gasteiger partial charge in [-0.15, -0.1) is 0 Å². The van der Waals surface area contributed by atoms with Crippen molar-refractivity contribution in [2.75, 3.05) is 6.61 Å². The molecule has 6 bridgehead atoms. The average molecular weight is 472 g/mol. The highest BCUT2D eigenvalue weighted by Crippen LogP contribution is 2.99. The van der Waals surface area contributed by atoms with Gasteiger partial charge in [-0.25, -0.2) is 4.79 Å². The molecule has 0 amide bonds. The zero-order valence-corrected chi connectivity index (χ0v) is 20.1. The Balaban J connectivity index is 1.48. The molecule has 0 aromatic carbocycles. The summed E-state index contributed by atoms with van der Waals surface area (Å²) in [6, 6.07) is 0. The van der Waals surface area contributed by atoms with Gasteiger partial charge in [0.1, 0.15) is 22.7 Å². The smallest absolute Gasteiger partial charge is 0.331 e. The Morgan fingerprint density at radius 1 is 1.06 bits per heavy atom. The summed E-state index contributed by atoms with van der Waals surface area (Å²) in [5.74, 6) is -3.98. The largest absolute Gasteiger partial charge is 0.459 e. The van der Waals surface area contributed by atoms with Crippen LogP contribution >= 0.6 is 0 Å². The summed E-state index contributed by atoms with van der Waals surface area (Å²) < 4.78 is 38.2. The minimum atomic E-state index is -1.80. The Morgan fingerprint density at radius 2 is 1.76 bits per heavy atom. The molecular weight excluding hydrogens is 444 g/mol. The molecule has 9 fully saturated rings. The van der Waals surface area contributed by atoms with Crippen LogP contribution in [-0.2, 0) is 38.0 Å². The van der Waals surface area contributed by atoms with Gasteiger partial charge in [0.05, 0.1) is 23.5 Å². The van der Waals surface area contributed by atoms with Crippen LogP contribution in [0, 0.1) is 21.7 Å². The lowest BCUT2D eigenvalue weighted by Gasteiger charge is -2.74. The fraction of sp³-hybridized carbons (Fsp3) is 0.840.